The molecule has 1 N–H and O–H groups in total. The van der Waals surface area contributed by atoms with Crippen LogP contribution in [0.2, 0.25) is 0 Å². The number of fused-ring (bicyclic) bond motifs is 1. The Bertz CT molecular complexity index is 702. The van der Waals surface area contributed by atoms with E-state index in [2.05, 4.69) is 10.3 Å². The first kappa shape index (κ1) is 13.1. The van der Waals surface area contributed by atoms with Crippen LogP contribution in [0.1, 0.15) is 30.1 Å². The maximum atomic E-state index is 13.0. The maximum Gasteiger partial charge on any atom is 0.419 e. The van der Waals surface area contributed by atoms with Crippen molar-refractivity contribution in [2.45, 2.75) is 25.1 Å². The number of nitrogens with zero attached hydrogens (tertiary/aromatic N) is 2. The molecule has 0 spiro atoms. The zero-order chi connectivity index (χ0) is 14.3. The molecule has 1 aliphatic heterocycles. The zero-order valence-corrected chi connectivity index (χ0v) is 10.4. The molecule has 20 heavy (non-hydrogen) atoms. The standard InChI is InChI=1S/C13H12F3N3O/c14-13(15,16)8-3-2-6-19-11(20)7-10(18-12(8)19)9-4-1-5-17-9/h2-3,6-7,9,17H,1,4-5H2. The molecule has 4 nitrogen and oxygen atoms in total. The van der Waals surface area contributed by atoms with E-state index in [1.165, 1.54) is 18.3 Å². The third-order valence-electron chi connectivity index (χ3n) is 3.43. The van der Waals surface area contributed by atoms with Crippen LogP contribution in [0, 0.1) is 0 Å². The Hall–Kier alpha value is -1.89. The second-order valence-electron chi connectivity index (χ2n) is 4.78. The molecular formula is C13H12F3N3O. The summed E-state index contributed by atoms with van der Waals surface area (Å²) in [7, 11) is 0. The largest absolute Gasteiger partial charge is 0.419 e. The van der Waals surface area contributed by atoms with Gasteiger partial charge in [-0.25, -0.2) is 4.98 Å². The first-order chi connectivity index (χ1) is 9.47. The third-order valence-corrected chi connectivity index (χ3v) is 3.43. The van der Waals surface area contributed by atoms with Crippen LogP contribution in [0.3, 0.4) is 0 Å². The first-order valence-corrected chi connectivity index (χ1v) is 6.30. The van der Waals surface area contributed by atoms with Gasteiger partial charge in [-0.1, -0.05) is 0 Å². The molecule has 0 saturated carbocycles. The second kappa shape index (κ2) is 4.59. The van der Waals surface area contributed by atoms with Crippen LogP contribution in [0.5, 0.6) is 0 Å². The summed E-state index contributed by atoms with van der Waals surface area (Å²) < 4.78 is 39.9. The molecule has 0 amide bonds. The lowest BCUT2D eigenvalue weighted by atomic mass is 10.1. The highest BCUT2D eigenvalue weighted by molar-refractivity contribution is 5.49. The van der Waals surface area contributed by atoms with Crippen molar-refractivity contribution in [1.82, 2.24) is 14.7 Å². The van der Waals surface area contributed by atoms with Gasteiger partial charge in [-0.2, -0.15) is 13.2 Å². The summed E-state index contributed by atoms with van der Waals surface area (Å²) in [6, 6.07) is 3.30. The summed E-state index contributed by atoms with van der Waals surface area (Å²) in [4.78, 5) is 16.0. The number of alkyl halides is 3. The summed E-state index contributed by atoms with van der Waals surface area (Å²) >= 11 is 0. The van der Waals surface area contributed by atoms with Crippen molar-refractivity contribution in [1.29, 1.82) is 0 Å². The fourth-order valence-electron chi connectivity index (χ4n) is 2.48. The molecule has 7 heteroatoms. The van der Waals surface area contributed by atoms with Crippen LogP contribution >= 0.6 is 0 Å². The third kappa shape index (κ3) is 2.18. The lowest BCUT2D eigenvalue weighted by Gasteiger charge is -2.13. The van der Waals surface area contributed by atoms with Gasteiger partial charge in [0, 0.05) is 18.3 Å². The molecule has 1 saturated heterocycles. The molecule has 0 radical (unpaired) electrons. The zero-order valence-electron chi connectivity index (χ0n) is 10.4. The topological polar surface area (TPSA) is 46.4 Å². The van der Waals surface area contributed by atoms with Gasteiger partial charge in [0.2, 0.25) is 0 Å². The Morgan fingerprint density at radius 1 is 1.40 bits per heavy atom. The molecule has 3 rings (SSSR count). The number of pyridine rings is 1. The van der Waals surface area contributed by atoms with Gasteiger partial charge in [-0.15, -0.1) is 0 Å². The average molecular weight is 283 g/mol. The van der Waals surface area contributed by atoms with Gasteiger partial charge in [0.05, 0.1) is 11.3 Å². The lowest BCUT2D eigenvalue weighted by Crippen LogP contribution is -2.23. The number of hydrogen-bond donors (Lipinski definition) is 1. The number of aromatic nitrogens is 2. The van der Waals surface area contributed by atoms with E-state index >= 15 is 0 Å². The molecule has 3 heterocycles. The monoisotopic (exact) mass is 283 g/mol. The van der Waals surface area contributed by atoms with Crippen molar-refractivity contribution in [3.63, 3.8) is 0 Å². The average Bonchev–Trinajstić information content (AvgIpc) is 2.90. The minimum Gasteiger partial charge on any atom is -0.309 e. The molecule has 0 aromatic carbocycles. The quantitative estimate of drug-likeness (QED) is 0.872. The van der Waals surface area contributed by atoms with Crippen molar-refractivity contribution in [3.05, 3.63) is 46.0 Å². The molecule has 0 bridgehead atoms. The summed E-state index contributed by atoms with van der Waals surface area (Å²) in [5.74, 6) is 0. The predicted molar refractivity (Wildman–Crippen MR) is 66.4 cm³/mol. The van der Waals surface area contributed by atoms with Crippen LogP contribution in [-0.2, 0) is 6.18 Å². The van der Waals surface area contributed by atoms with Gasteiger partial charge in [0.25, 0.3) is 5.56 Å². The normalized spacial score (nSPS) is 19.6. The van der Waals surface area contributed by atoms with Crippen molar-refractivity contribution in [2.24, 2.45) is 0 Å². The highest BCUT2D eigenvalue weighted by atomic mass is 19.4. The maximum absolute atomic E-state index is 13.0. The van der Waals surface area contributed by atoms with Crippen molar-refractivity contribution < 1.29 is 13.2 Å². The van der Waals surface area contributed by atoms with E-state index < -0.39 is 17.3 Å². The van der Waals surface area contributed by atoms with Gasteiger partial charge in [0.15, 0.2) is 5.65 Å². The Kier molecular flexibility index (Phi) is 3.01. The molecule has 2 aromatic rings. The Balaban J connectivity index is 2.25. The first-order valence-electron chi connectivity index (χ1n) is 6.30. The van der Waals surface area contributed by atoms with Gasteiger partial charge in [-0.3, -0.25) is 9.20 Å². The summed E-state index contributed by atoms with van der Waals surface area (Å²) in [6.45, 7) is 0.784. The van der Waals surface area contributed by atoms with Crippen molar-refractivity contribution in [2.75, 3.05) is 6.54 Å². The summed E-state index contributed by atoms with van der Waals surface area (Å²) in [5, 5.41) is 3.13. The highest BCUT2D eigenvalue weighted by Gasteiger charge is 2.34. The van der Waals surface area contributed by atoms with Gasteiger partial charge < -0.3 is 5.32 Å². The molecule has 0 aliphatic carbocycles. The van der Waals surface area contributed by atoms with E-state index in [4.69, 9.17) is 0 Å². The predicted octanol–water partition coefficient (Wildman–Crippen LogP) is 2.14. The van der Waals surface area contributed by atoms with E-state index in [1.807, 2.05) is 0 Å². The number of halogens is 3. The molecular weight excluding hydrogens is 271 g/mol. The molecule has 1 atom stereocenters. The minimum atomic E-state index is -4.53. The van der Waals surface area contributed by atoms with E-state index in [9.17, 15) is 18.0 Å². The lowest BCUT2D eigenvalue weighted by molar-refractivity contribution is -0.136. The van der Waals surface area contributed by atoms with E-state index in [-0.39, 0.29) is 11.7 Å². The SMILES string of the molecule is O=c1cc(C2CCCN2)nc2c(C(F)(F)F)cccn12. The molecule has 106 valence electrons. The fourth-order valence-corrected chi connectivity index (χ4v) is 2.48. The van der Waals surface area contributed by atoms with Crippen molar-refractivity contribution >= 4 is 5.65 Å². The Morgan fingerprint density at radius 3 is 2.85 bits per heavy atom. The second-order valence-corrected chi connectivity index (χ2v) is 4.78. The van der Waals surface area contributed by atoms with Crippen LogP contribution < -0.4 is 10.9 Å². The fraction of sp³-hybridized carbons (Fsp3) is 0.385. The molecule has 2 aromatic heterocycles. The summed E-state index contributed by atoms with van der Waals surface area (Å²) in [5.41, 5.74) is -1.35. The van der Waals surface area contributed by atoms with Crippen LogP contribution in [-0.4, -0.2) is 15.9 Å². The molecule has 1 aliphatic rings. The van der Waals surface area contributed by atoms with E-state index in [1.54, 1.807) is 0 Å². The van der Waals surface area contributed by atoms with E-state index in [0.717, 1.165) is 29.9 Å². The number of nitrogens with one attached hydrogen (secondary N) is 1. The summed E-state index contributed by atoms with van der Waals surface area (Å²) in [6.07, 6.45) is -1.54. The van der Waals surface area contributed by atoms with Crippen molar-refractivity contribution in [3.8, 4) is 0 Å². The smallest absolute Gasteiger partial charge is 0.309 e. The van der Waals surface area contributed by atoms with Gasteiger partial charge in [-0.05, 0) is 31.5 Å². The number of rotatable bonds is 1. The molecule has 1 unspecified atom stereocenters. The van der Waals surface area contributed by atoms with Crippen LogP contribution in [0.25, 0.3) is 5.65 Å². The Labute approximate surface area is 112 Å². The Morgan fingerprint density at radius 2 is 2.20 bits per heavy atom. The molecule has 1 fully saturated rings. The minimum absolute atomic E-state index is 0.144. The number of hydrogen-bond acceptors (Lipinski definition) is 3. The van der Waals surface area contributed by atoms with Gasteiger partial charge in [0.1, 0.15) is 0 Å². The van der Waals surface area contributed by atoms with Crippen LogP contribution in [0.4, 0.5) is 13.2 Å². The highest BCUT2D eigenvalue weighted by Crippen LogP contribution is 2.31. The van der Waals surface area contributed by atoms with E-state index in [0.29, 0.717) is 5.69 Å². The van der Waals surface area contributed by atoms with Crippen LogP contribution in [0.15, 0.2) is 29.2 Å². The van der Waals surface area contributed by atoms with Gasteiger partial charge >= 0.3 is 6.18 Å².